The number of aromatic amines is 2. The molecule has 8 rings (SSSR count). The molecule has 0 unspecified atom stereocenters. The summed E-state index contributed by atoms with van der Waals surface area (Å²) >= 11 is 0.775. The molecule has 19 amide bonds. The highest BCUT2D eigenvalue weighted by atomic mass is 32.2. The molecular weight excluding hydrogens is 1770 g/mol. The van der Waals surface area contributed by atoms with E-state index in [9.17, 15) is 52.7 Å². The molecular formula is C92H130FN21O20S. The summed E-state index contributed by atoms with van der Waals surface area (Å²) in [7, 11) is 5.38. The van der Waals surface area contributed by atoms with Gasteiger partial charge in [-0.2, -0.15) is 0 Å². The van der Waals surface area contributed by atoms with Crippen molar-refractivity contribution >= 4 is 146 Å². The van der Waals surface area contributed by atoms with Crippen LogP contribution >= 0.6 is 11.8 Å². The lowest BCUT2D eigenvalue weighted by Crippen LogP contribution is -2.61. The summed E-state index contributed by atoms with van der Waals surface area (Å²) < 4.78 is 21.6. The molecule has 3 aliphatic rings. The lowest BCUT2D eigenvalue weighted by Gasteiger charge is -2.36. The molecule has 15 atom stereocenters. The van der Waals surface area contributed by atoms with Crippen LogP contribution < -0.4 is 80.4 Å². The number of nitrogens with two attached hydrogens (primary N) is 3. The Morgan fingerprint density at radius 1 is 0.519 bits per heavy atom. The number of methoxy groups -OCH3 is 1. The van der Waals surface area contributed by atoms with Crippen LogP contribution in [0.5, 0.6) is 5.75 Å². The highest BCUT2D eigenvalue weighted by Crippen LogP contribution is 2.29. The Labute approximate surface area is 786 Å². The van der Waals surface area contributed by atoms with Crippen LogP contribution in [-0.4, -0.2) is 303 Å². The van der Waals surface area contributed by atoms with E-state index in [-0.39, 0.29) is 89.6 Å². The fraction of sp³-hybridized carbons (Fsp3) is 0.554. The highest BCUT2D eigenvalue weighted by molar-refractivity contribution is 8.00. The number of halogens is 1. The quantitative estimate of drug-likeness (QED) is 0.0290. The molecule has 0 bridgehead atoms. The number of unbranched alkanes of at least 4 members (excludes halogenated alkanes) is 2. The second kappa shape index (κ2) is 51.3. The Morgan fingerprint density at radius 2 is 1.04 bits per heavy atom. The van der Waals surface area contributed by atoms with Gasteiger partial charge in [-0.3, -0.25) is 91.1 Å². The summed E-state index contributed by atoms with van der Waals surface area (Å²) in [5.74, 6) is -18.8. The number of rotatable bonds is 27. The Bertz CT molecular complexity index is 5090. The monoisotopic (exact) mass is 1900 g/mol. The van der Waals surface area contributed by atoms with Crippen LogP contribution in [0, 0.1) is 5.92 Å². The van der Waals surface area contributed by atoms with E-state index in [0.29, 0.717) is 69.9 Å². The molecule has 0 radical (unpaired) electrons. The van der Waals surface area contributed by atoms with E-state index >= 15 is 42.7 Å². The van der Waals surface area contributed by atoms with Gasteiger partial charge in [0.1, 0.15) is 96.5 Å². The molecule has 0 spiro atoms. The SMILES string of the molecule is CCCC[C@H]1C(=O)N(C)[C@@H](CCCC)C(=O)N[C@@H](CCCNC(=O)CC)C(=O)N[C@H](C(=O)NCC(N)=O)CSCC(=O)N[C@@H](Cc2ccc(OC)cc2)C(=O)N(C)[C@@H](C)C(=O)N[C@@H](CC(N)=O)C(=O)N2CCC[C@H]2C(=O)N[C@@H](CC(N)=O)C(=O)N[C@@H](CC(C)C)C(=O)N2C[C@H](F)C[C@H]2C(=O)N[C@@H](Cc2c[nH]c3ccccc23)C(=O)N[C@@H](C)C(=O)N[C@@H](Cc2c[nH]c3ccccc23)C(=O)N1C. The topological polar surface area (TPSA) is 592 Å². The van der Waals surface area contributed by atoms with E-state index in [2.05, 4.69) is 68.5 Å². The highest BCUT2D eigenvalue weighted by Gasteiger charge is 2.47. The predicted octanol–water partition coefficient (Wildman–Crippen LogP) is -0.668. The number of carbonyl (C=O) groups is 19. The van der Waals surface area contributed by atoms with Crippen LogP contribution in [0.25, 0.3) is 21.8 Å². The second-order valence-electron chi connectivity index (χ2n) is 34.8. The molecule has 2 aromatic heterocycles. The standard InChI is InChI=1S/C92H130FN21O20S/c1-12-15-28-70-85(126)103-62(27-21-35-97-77(118)14-3)82(123)109-69(81(122)100-46-76(96)117)48-135-49-78(119)102-66(38-53-31-33-57(134-11)34-32-53)88(129)110(8)52(7)80(121)107-68(43-75(95)116)90(131)113-36-22-30-71(113)86(127)105-64(42-74(94)115)84(125)108-65(37-50(4)5)91(132)114-47-56(93)41-73(114)87(128)104-63(39-54-44-98-60-25-19-17-23-58(54)60)83(124)101-51(6)79(120)106-67(40-55-45-99-61-26-20-18-24-59(55)61)89(130)112(10)72(29-16-13-2)92(133)111(70)9/h17-20,23-26,31-34,44-45,50-52,56,62-73,98-99H,12-16,21-22,27-30,35-43,46-49H2,1-11H3,(H2,94,115)(H2,95,116)(H2,96,117)(H,97,118)(H,100,122)(H,101,124)(H,102,119)(H,103,126)(H,104,128)(H,105,127)(H,106,120)(H,107,121)(H,108,125)(H,109,123)/t51-,52-,56+,62-,63-,64-,65-,66-,67-,68-,69-,70-,71-,72-,73-/m0/s1. The average Bonchev–Trinajstić information content (AvgIpc) is 1.76. The number of amides is 19. The van der Waals surface area contributed by atoms with Crippen molar-refractivity contribution in [3.63, 3.8) is 0 Å². The summed E-state index contributed by atoms with van der Waals surface area (Å²) in [6.45, 7) is 9.69. The summed E-state index contributed by atoms with van der Waals surface area (Å²) in [6, 6.07) is -1.49. The number of nitrogens with one attached hydrogen (secondary N) is 13. The third-order valence-electron chi connectivity index (χ3n) is 24.2. The maximum atomic E-state index is 16.2. The first-order chi connectivity index (χ1) is 64.2. The molecule has 3 aromatic carbocycles. The van der Waals surface area contributed by atoms with Crippen molar-refractivity contribution in [2.24, 2.45) is 23.1 Å². The Kier molecular flexibility index (Phi) is 40.7. The van der Waals surface area contributed by atoms with Gasteiger partial charge in [0, 0.05) is 106 Å². The minimum absolute atomic E-state index is 0.00428. The van der Waals surface area contributed by atoms with Gasteiger partial charge in [0.2, 0.25) is 112 Å². The van der Waals surface area contributed by atoms with Gasteiger partial charge in [0.15, 0.2) is 0 Å². The summed E-state index contributed by atoms with van der Waals surface area (Å²) in [6.07, 6.45) is -0.213. The van der Waals surface area contributed by atoms with Crippen LogP contribution in [0.4, 0.5) is 4.39 Å². The Morgan fingerprint density at radius 3 is 1.64 bits per heavy atom. The molecule has 5 heterocycles. The van der Waals surface area contributed by atoms with Crippen LogP contribution in [0.3, 0.4) is 0 Å². The summed E-state index contributed by atoms with van der Waals surface area (Å²) in [4.78, 5) is 286. The molecule has 0 saturated carbocycles. The molecule has 41 nitrogen and oxygen atoms in total. The molecule has 43 heteroatoms. The number of alkyl halides is 1. The molecule has 0 aliphatic carbocycles. The average molecular weight is 1900 g/mol. The number of hydrogen-bond acceptors (Lipinski definition) is 21. The fourth-order valence-corrected chi connectivity index (χ4v) is 17.4. The number of carbonyl (C=O) groups excluding carboxylic acids is 19. The molecule has 3 fully saturated rings. The van der Waals surface area contributed by atoms with Crippen molar-refractivity contribution in [1.82, 2.24) is 93.0 Å². The minimum atomic E-state index is -1.88. The predicted molar refractivity (Wildman–Crippen MR) is 497 cm³/mol. The van der Waals surface area contributed by atoms with Gasteiger partial charge in [-0.15, -0.1) is 11.8 Å². The van der Waals surface area contributed by atoms with Gasteiger partial charge in [0.25, 0.3) is 0 Å². The van der Waals surface area contributed by atoms with Gasteiger partial charge in [0.05, 0.1) is 38.8 Å². The lowest BCUT2D eigenvalue weighted by molar-refractivity contribution is -0.149. The lowest BCUT2D eigenvalue weighted by atomic mass is 10.00. The zero-order valence-electron chi connectivity index (χ0n) is 78.2. The van der Waals surface area contributed by atoms with E-state index in [0.717, 1.165) is 26.5 Å². The van der Waals surface area contributed by atoms with Crippen molar-refractivity contribution < 1.29 is 100 Å². The van der Waals surface area contributed by atoms with Crippen LogP contribution in [0.15, 0.2) is 85.2 Å². The Hall–Kier alpha value is -13.3. The number of nitrogens with zero attached hydrogens (tertiary/aromatic N) is 5. The van der Waals surface area contributed by atoms with Gasteiger partial charge in [-0.1, -0.05) is 109 Å². The molecule has 135 heavy (non-hydrogen) atoms. The van der Waals surface area contributed by atoms with Crippen LogP contribution in [-0.2, 0) is 110 Å². The molecule has 3 saturated heterocycles. The van der Waals surface area contributed by atoms with E-state index in [1.54, 1.807) is 106 Å². The maximum absolute atomic E-state index is 16.2. The molecule has 5 aromatic rings. The number of aromatic nitrogens is 2. The van der Waals surface area contributed by atoms with E-state index in [1.165, 1.54) is 51.9 Å². The zero-order chi connectivity index (χ0) is 99.2. The van der Waals surface area contributed by atoms with Crippen LogP contribution in [0.2, 0.25) is 0 Å². The number of fused-ring (bicyclic) bond motifs is 4. The number of primary amides is 3. The normalized spacial score (nSPS) is 24.7. The smallest absolute Gasteiger partial charge is 0.246 e. The largest absolute Gasteiger partial charge is 0.497 e. The molecule has 19 N–H and O–H groups in total. The third kappa shape index (κ3) is 30.4. The third-order valence-corrected chi connectivity index (χ3v) is 25.2. The number of para-hydroxylation sites is 2. The zero-order valence-corrected chi connectivity index (χ0v) is 79.0. The number of hydrogen-bond donors (Lipinski definition) is 16. The number of thioether (sulfide) groups is 1. The first-order valence-electron chi connectivity index (χ1n) is 45.6. The second-order valence-corrected chi connectivity index (χ2v) is 35.9. The minimum Gasteiger partial charge on any atom is -0.497 e. The van der Waals surface area contributed by atoms with E-state index < -0.39 is 247 Å². The van der Waals surface area contributed by atoms with Crippen molar-refractivity contribution in [3.05, 3.63) is 102 Å². The van der Waals surface area contributed by atoms with Crippen molar-refractivity contribution in [1.29, 1.82) is 0 Å². The van der Waals surface area contributed by atoms with Gasteiger partial charge in [-0.25, -0.2) is 4.39 Å². The maximum Gasteiger partial charge on any atom is 0.246 e. The summed E-state index contributed by atoms with van der Waals surface area (Å²) in [5, 5.41) is 30.2. The van der Waals surface area contributed by atoms with Crippen LogP contribution in [0.1, 0.15) is 161 Å². The molecule has 736 valence electrons. The van der Waals surface area contributed by atoms with Crippen molar-refractivity contribution in [3.8, 4) is 5.75 Å². The van der Waals surface area contributed by atoms with Gasteiger partial charge < -0.3 is 115 Å². The Balaban J connectivity index is 1.20. The van der Waals surface area contributed by atoms with E-state index in [4.69, 9.17) is 21.9 Å². The number of ether oxygens (including phenoxy) is 1. The number of benzene rings is 3. The first-order valence-corrected chi connectivity index (χ1v) is 46.8. The van der Waals surface area contributed by atoms with E-state index in [1.807, 2.05) is 13.8 Å². The van der Waals surface area contributed by atoms with Gasteiger partial charge >= 0.3 is 0 Å². The van der Waals surface area contributed by atoms with Crippen molar-refractivity contribution in [2.45, 2.75) is 255 Å². The van der Waals surface area contributed by atoms with Crippen molar-refractivity contribution in [2.75, 3.05) is 65.9 Å². The van der Waals surface area contributed by atoms with Gasteiger partial charge in [-0.05, 0) is 106 Å². The first kappa shape index (κ1) is 107. The molecule has 3 aliphatic heterocycles. The number of likely N-dealkylation sites (N-methyl/N-ethyl adjacent to an activating group) is 3. The summed E-state index contributed by atoms with van der Waals surface area (Å²) in [5.41, 5.74) is 19.6. The number of H-pyrrole nitrogens is 2. The fourth-order valence-electron chi connectivity index (χ4n) is 16.5.